The Morgan fingerprint density at radius 3 is 2.55 bits per heavy atom. The molecule has 0 aliphatic rings. The van der Waals surface area contributed by atoms with Crippen LogP contribution in [-0.2, 0) is 14.8 Å². The van der Waals surface area contributed by atoms with E-state index in [2.05, 4.69) is 0 Å². The average Bonchev–Trinajstić information content (AvgIpc) is 2.33. The Labute approximate surface area is 122 Å². The van der Waals surface area contributed by atoms with E-state index < -0.39 is 27.7 Å². The van der Waals surface area contributed by atoms with Crippen LogP contribution in [0.3, 0.4) is 0 Å². The number of carbonyl (C=O) groups is 1. The quantitative estimate of drug-likeness (QED) is 0.900. The third kappa shape index (κ3) is 3.47. The molecule has 1 aromatic rings. The predicted octanol–water partition coefficient (Wildman–Crippen LogP) is 2.13. The van der Waals surface area contributed by atoms with Crippen molar-refractivity contribution in [3.05, 3.63) is 28.5 Å². The summed E-state index contributed by atoms with van der Waals surface area (Å²) in [5.41, 5.74) is 0.146. The van der Waals surface area contributed by atoms with E-state index in [9.17, 15) is 17.6 Å². The van der Waals surface area contributed by atoms with Gasteiger partial charge in [0.2, 0.25) is 10.0 Å². The number of hydrogen-bond acceptors (Lipinski definition) is 3. The smallest absolute Gasteiger partial charge is 0.307 e. The molecule has 8 heteroatoms. The molecule has 112 valence electrons. The highest BCUT2D eigenvalue weighted by Gasteiger charge is 2.27. The lowest BCUT2D eigenvalue weighted by atomic mass is 10.2. The lowest BCUT2D eigenvalue weighted by molar-refractivity contribution is -0.141. The predicted molar refractivity (Wildman–Crippen MR) is 72.8 cm³/mol. The summed E-state index contributed by atoms with van der Waals surface area (Å²) in [6, 6.07) is 2.06. The van der Waals surface area contributed by atoms with E-state index in [4.69, 9.17) is 16.7 Å². The summed E-state index contributed by atoms with van der Waals surface area (Å²) in [5.74, 6) is -2.57. The van der Waals surface area contributed by atoms with Gasteiger partial charge in [-0.05, 0) is 24.6 Å². The standard InChI is InChI=1S/C12H15ClFNO4S/c1-7-4-11(9(13)5-10(7)14)20(18,19)15(3)6-8(2)12(16)17/h4-5,8H,6H2,1-3H3,(H,16,17). The van der Waals surface area contributed by atoms with Crippen molar-refractivity contribution in [2.24, 2.45) is 5.92 Å². The Bertz CT molecular complexity index is 633. The second kappa shape index (κ2) is 6.07. The number of carboxylic acid groups (broad SMARTS) is 1. The molecule has 0 amide bonds. The number of aliphatic carboxylic acids is 1. The van der Waals surface area contributed by atoms with E-state index in [0.717, 1.165) is 16.4 Å². The Morgan fingerprint density at radius 1 is 1.50 bits per heavy atom. The van der Waals surface area contributed by atoms with Crippen LogP contribution in [0.4, 0.5) is 4.39 Å². The highest BCUT2D eigenvalue weighted by atomic mass is 35.5. The van der Waals surface area contributed by atoms with Crippen molar-refractivity contribution in [2.75, 3.05) is 13.6 Å². The molecule has 0 aliphatic carbocycles. The molecule has 5 nitrogen and oxygen atoms in total. The van der Waals surface area contributed by atoms with Crippen LogP contribution in [0, 0.1) is 18.7 Å². The third-order valence-corrected chi connectivity index (χ3v) is 5.14. The van der Waals surface area contributed by atoms with Crippen LogP contribution in [-0.4, -0.2) is 37.4 Å². The number of nitrogens with zero attached hydrogens (tertiary/aromatic N) is 1. The Morgan fingerprint density at radius 2 is 2.05 bits per heavy atom. The zero-order valence-corrected chi connectivity index (χ0v) is 12.8. The van der Waals surface area contributed by atoms with Crippen molar-refractivity contribution in [3.8, 4) is 0 Å². The monoisotopic (exact) mass is 323 g/mol. The maximum Gasteiger partial charge on any atom is 0.307 e. The summed E-state index contributed by atoms with van der Waals surface area (Å²) in [6.07, 6.45) is 0. The molecule has 1 atom stereocenters. The van der Waals surface area contributed by atoms with E-state index in [1.807, 2.05) is 0 Å². The number of sulfonamides is 1. The van der Waals surface area contributed by atoms with Crippen molar-refractivity contribution in [2.45, 2.75) is 18.7 Å². The summed E-state index contributed by atoms with van der Waals surface area (Å²) < 4.78 is 38.8. The van der Waals surface area contributed by atoms with Gasteiger partial charge in [0, 0.05) is 13.6 Å². The van der Waals surface area contributed by atoms with Gasteiger partial charge in [0.25, 0.3) is 0 Å². The van der Waals surface area contributed by atoms with Crippen LogP contribution < -0.4 is 0 Å². The number of hydrogen-bond donors (Lipinski definition) is 1. The number of aryl methyl sites for hydroxylation is 1. The largest absolute Gasteiger partial charge is 0.481 e. The molecule has 0 saturated heterocycles. The third-order valence-electron chi connectivity index (χ3n) is 2.85. The van der Waals surface area contributed by atoms with Crippen LogP contribution in [0.1, 0.15) is 12.5 Å². The summed E-state index contributed by atoms with van der Waals surface area (Å²) in [5, 5.41) is 8.57. The lowest BCUT2D eigenvalue weighted by Gasteiger charge is -2.20. The van der Waals surface area contributed by atoms with Crippen molar-refractivity contribution in [1.82, 2.24) is 4.31 Å². The fourth-order valence-electron chi connectivity index (χ4n) is 1.56. The average molecular weight is 324 g/mol. The summed E-state index contributed by atoms with van der Waals surface area (Å²) in [7, 11) is -2.71. The molecule has 1 N–H and O–H groups in total. The molecule has 1 rings (SSSR count). The molecule has 0 fully saturated rings. The van der Waals surface area contributed by atoms with Gasteiger partial charge < -0.3 is 5.11 Å². The van der Waals surface area contributed by atoms with Gasteiger partial charge in [-0.25, -0.2) is 17.1 Å². The summed E-state index contributed by atoms with van der Waals surface area (Å²) in [6.45, 7) is 2.61. The number of benzene rings is 1. The minimum absolute atomic E-state index is 0.146. The van der Waals surface area contributed by atoms with Gasteiger partial charge in [0.15, 0.2) is 0 Å². The maximum atomic E-state index is 13.3. The van der Waals surface area contributed by atoms with Gasteiger partial charge in [0.1, 0.15) is 10.7 Å². The molecule has 20 heavy (non-hydrogen) atoms. The van der Waals surface area contributed by atoms with Gasteiger partial charge >= 0.3 is 5.97 Å². The Kier molecular flexibility index (Phi) is 5.12. The zero-order chi connectivity index (χ0) is 15.7. The SMILES string of the molecule is Cc1cc(S(=O)(=O)N(C)CC(C)C(=O)O)c(Cl)cc1F. The summed E-state index contributed by atoms with van der Waals surface area (Å²) >= 11 is 5.77. The highest BCUT2D eigenvalue weighted by molar-refractivity contribution is 7.89. The molecule has 0 aromatic heterocycles. The molecule has 0 aliphatic heterocycles. The van der Waals surface area contributed by atoms with E-state index in [1.165, 1.54) is 20.9 Å². The molecule has 0 spiro atoms. The first-order valence-corrected chi connectivity index (χ1v) is 7.54. The van der Waals surface area contributed by atoms with E-state index in [0.29, 0.717) is 0 Å². The van der Waals surface area contributed by atoms with Crippen molar-refractivity contribution in [1.29, 1.82) is 0 Å². The van der Waals surface area contributed by atoms with Gasteiger partial charge in [-0.15, -0.1) is 0 Å². The molecule has 1 unspecified atom stereocenters. The highest BCUT2D eigenvalue weighted by Crippen LogP contribution is 2.27. The van der Waals surface area contributed by atoms with Crippen LogP contribution >= 0.6 is 11.6 Å². The van der Waals surface area contributed by atoms with Crippen molar-refractivity contribution >= 4 is 27.6 Å². The fourth-order valence-corrected chi connectivity index (χ4v) is 3.39. The second-order valence-electron chi connectivity index (χ2n) is 4.56. The first kappa shape index (κ1) is 16.9. The van der Waals surface area contributed by atoms with E-state index in [-0.39, 0.29) is 22.0 Å². The topological polar surface area (TPSA) is 74.7 Å². The lowest BCUT2D eigenvalue weighted by Crippen LogP contribution is -2.34. The van der Waals surface area contributed by atoms with Crippen molar-refractivity contribution < 1.29 is 22.7 Å². The molecular formula is C12H15ClFNO4S. The van der Waals surface area contributed by atoms with Crippen LogP contribution in [0.5, 0.6) is 0 Å². The molecule has 0 heterocycles. The zero-order valence-electron chi connectivity index (χ0n) is 11.2. The molecular weight excluding hydrogens is 309 g/mol. The van der Waals surface area contributed by atoms with Crippen LogP contribution in [0.15, 0.2) is 17.0 Å². The molecule has 0 saturated carbocycles. The van der Waals surface area contributed by atoms with Crippen LogP contribution in [0.25, 0.3) is 0 Å². The first-order valence-electron chi connectivity index (χ1n) is 5.72. The minimum Gasteiger partial charge on any atom is -0.481 e. The van der Waals surface area contributed by atoms with Crippen molar-refractivity contribution in [3.63, 3.8) is 0 Å². The number of carboxylic acids is 1. The maximum absolute atomic E-state index is 13.3. The fraction of sp³-hybridized carbons (Fsp3) is 0.417. The molecule has 1 aromatic carbocycles. The number of halogens is 2. The van der Waals surface area contributed by atoms with Gasteiger partial charge in [-0.3, -0.25) is 4.79 Å². The van der Waals surface area contributed by atoms with Gasteiger partial charge in [-0.2, -0.15) is 0 Å². The van der Waals surface area contributed by atoms with Gasteiger partial charge in [0.05, 0.1) is 10.9 Å². The Hall–Kier alpha value is -1.18. The number of rotatable bonds is 5. The van der Waals surface area contributed by atoms with Crippen LogP contribution in [0.2, 0.25) is 5.02 Å². The molecule has 0 bridgehead atoms. The first-order chi connectivity index (χ1) is 9.07. The Balaban J connectivity index is 3.17. The summed E-state index contributed by atoms with van der Waals surface area (Å²) in [4.78, 5) is 10.5. The molecule has 0 radical (unpaired) electrons. The normalized spacial score (nSPS) is 13.5. The van der Waals surface area contributed by atoms with Gasteiger partial charge in [-0.1, -0.05) is 18.5 Å². The second-order valence-corrected chi connectivity index (χ2v) is 6.98. The minimum atomic E-state index is -3.97. The van der Waals surface area contributed by atoms with E-state index in [1.54, 1.807) is 0 Å². The van der Waals surface area contributed by atoms with E-state index >= 15 is 0 Å².